The zero-order valence-electron chi connectivity index (χ0n) is 9.75. The predicted molar refractivity (Wildman–Crippen MR) is 72.0 cm³/mol. The van der Waals surface area contributed by atoms with Gasteiger partial charge in [-0.25, -0.2) is 14.4 Å². The molecule has 3 aromatic rings. The van der Waals surface area contributed by atoms with Crippen molar-refractivity contribution in [2.75, 3.05) is 0 Å². The van der Waals surface area contributed by atoms with Gasteiger partial charge < -0.3 is 4.42 Å². The molecule has 0 radical (unpaired) electrons. The van der Waals surface area contributed by atoms with E-state index in [1.54, 1.807) is 6.92 Å². The highest BCUT2D eigenvalue weighted by molar-refractivity contribution is 6.33. The Labute approximate surface area is 118 Å². The topological polar surface area (TPSA) is 38.9 Å². The Balaban J connectivity index is 2.33. The zero-order chi connectivity index (χ0) is 13.6. The molecule has 3 nitrogen and oxygen atoms in total. The number of para-hydroxylation sites is 1. The molecule has 0 unspecified atom stereocenters. The number of aryl methyl sites for hydroxylation is 1. The van der Waals surface area contributed by atoms with E-state index >= 15 is 0 Å². The van der Waals surface area contributed by atoms with Gasteiger partial charge in [0.2, 0.25) is 0 Å². The van der Waals surface area contributed by atoms with E-state index in [1.165, 1.54) is 0 Å². The first kappa shape index (κ1) is 12.4. The van der Waals surface area contributed by atoms with Crippen LogP contribution in [0.3, 0.4) is 0 Å². The van der Waals surface area contributed by atoms with E-state index in [0.29, 0.717) is 16.9 Å². The molecule has 0 atom stereocenters. The quantitative estimate of drug-likeness (QED) is 0.614. The number of aromatic nitrogens is 2. The Kier molecular flexibility index (Phi) is 2.92. The molecule has 0 spiro atoms. The maximum Gasteiger partial charge on any atom is 0.197 e. The minimum atomic E-state index is -0.822. The number of nitrogens with zero attached hydrogens (tertiary/aromatic N) is 2. The standard InChI is InChI=1S/C13H7Cl2FN2O/c1-6-9(7-4-2-3-5-8(7)19-6)13-17-11(14)10(16)12(15)18-13/h2-5H,1H3. The molecule has 3 rings (SSSR count). The molecule has 19 heavy (non-hydrogen) atoms. The summed E-state index contributed by atoms with van der Waals surface area (Å²) < 4.78 is 19.0. The van der Waals surface area contributed by atoms with Crippen LogP contribution in [0, 0.1) is 12.7 Å². The summed E-state index contributed by atoms with van der Waals surface area (Å²) >= 11 is 11.4. The van der Waals surface area contributed by atoms with E-state index in [0.717, 1.165) is 5.39 Å². The second-order valence-corrected chi connectivity index (χ2v) is 4.69. The molecule has 0 aliphatic rings. The van der Waals surface area contributed by atoms with Crippen LogP contribution in [0.4, 0.5) is 4.39 Å². The first-order valence-electron chi connectivity index (χ1n) is 5.45. The number of hydrogen-bond donors (Lipinski definition) is 0. The molecule has 96 valence electrons. The van der Waals surface area contributed by atoms with Crippen molar-refractivity contribution >= 4 is 34.2 Å². The smallest absolute Gasteiger partial charge is 0.197 e. The van der Waals surface area contributed by atoms with Gasteiger partial charge in [0, 0.05) is 5.39 Å². The van der Waals surface area contributed by atoms with Crippen molar-refractivity contribution in [2.45, 2.75) is 6.92 Å². The predicted octanol–water partition coefficient (Wildman–Crippen LogP) is 4.64. The SMILES string of the molecule is Cc1oc2ccccc2c1-c1nc(Cl)c(F)c(Cl)n1. The molecular weight excluding hydrogens is 290 g/mol. The van der Waals surface area contributed by atoms with Crippen LogP contribution in [-0.4, -0.2) is 9.97 Å². The Morgan fingerprint density at radius 3 is 2.42 bits per heavy atom. The minimum Gasteiger partial charge on any atom is -0.461 e. The lowest BCUT2D eigenvalue weighted by Crippen LogP contribution is -1.95. The summed E-state index contributed by atoms with van der Waals surface area (Å²) in [5.74, 6) is 0.0522. The van der Waals surface area contributed by atoms with Crippen LogP contribution in [-0.2, 0) is 0 Å². The largest absolute Gasteiger partial charge is 0.461 e. The van der Waals surface area contributed by atoms with Crippen molar-refractivity contribution in [2.24, 2.45) is 0 Å². The Morgan fingerprint density at radius 1 is 1.11 bits per heavy atom. The van der Waals surface area contributed by atoms with Crippen molar-refractivity contribution < 1.29 is 8.81 Å². The summed E-state index contributed by atoms with van der Waals surface area (Å²) in [5, 5.41) is 0.220. The Bertz CT molecular complexity index is 762. The highest BCUT2D eigenvalue weighted by Crippen LogP contribution is 2.34. The summed E-state index contributed by atoms with van der Waals surface area (Å²) in [6.45, 7) is 1.78. The fourth-order valence-corrected chi connectivity index (χ4v) is 2.34. The van der Waals surface area contributed by atoms with Gasteiger partial charge in [-0.3, -0.25) is 0 Å². The average Bonchev–Trinajstić information content (AvgIpc) is 2.71. The van der Waals surface area contributed by atoms with Crippen molar-refractivity contribution in [3.63, 3.8) is 0 Å². The molecular formula is C13H7Cl2FN2O. The highest BCUT2D eigenvalue weighted by atomic mass is 35.5. The number of rotatable bonds is 1. The van der Waals surface area contributed by atoms with Crippen molar-refractivity contribution in [1.82, 2.24) is 9.97 Å². The van der Waals surface area contributed by atoms with E-state index in [1.807, 2.05) is 24.3 Å². The lowest BCUT2D eigenvalue weighted by Gasteiger charge is -2.02. The first-order chi connectivity index (χ1) is 9.08. The van der Waals surface area contributed by atoms with Crippen molar-refractivity contribution in [3.8, 4) is 11.4 Å². The van der Waals surface area contributed by atoms with Gasteiger partial charge in [-0.2, -0.15) is 0 Å². The Morgan fingerprint density at radius 2 is 1.74 bits per heavy atom. The normalized spacial score (nSPS) is 11.2. The molecule has 2 heterocycles. The molecule has 0 bridgehead atoms. The second kappa shape index (κ2) is 4.47. The molecule has 0 aliphatic carbocycles. The lowest BCUT2D eigenvalue weighted by atomic mass is 10.1. The van der Waals surface area contributed by atoms with Crippen LogP contribution < -0.4 is 0 Å². The van der Waals surface area contributed by atoms with Gasteiger partial charge in [0.25, 0.3) is 0 Å². The molecule has 0 aliphatic heterocycles. The maximum atomic E-state index is 13.4. The molecule has 0 N–H and O–H groups in total. The zero-order valence-corrected chi connectivity index (χ0v) is 11.3. The van der Waals surface area contributed by atoms with E-state index in [2.05, 4.69) is 9.97 Å². The molecule has 0 saturated heterocycles. The minimum absolute atomic E-state index is 0.249. The van der Waals surface area contributed by atoms with Gasteiger partial charge in [0.15, 0.2) is 21.9 Å². The van der Waals surface area contributed by atoms with Crippen molar-refractivity contribution in [3.05, 3.63) is 46.1 Å². The van der Waals surface area contributed by atoms with Crippen LogP contribution in [0.15, 0.2) is 28.7 Å². The van der Waals surface area contributed by atoms with Crippen LogP contribution in [0.2, 0.25) is 10.3 Å². The second-order valence-electron chi connectivity index (χ2n) is 3.97. The number of benzene rings is 1. The number of fused-ring (bicyclic) bond motifs is 1. The van der Waals surface area contributed by atoms with Gasteiger partial charge >= 0.3 is 0 Å². The number of halogens is 3. The van der Waals surface area contributed by atoms with E-state index in [4.69, 9.17) is 27.6 Å². The van der Waals surface area contributed by atoms with Gasteiger partial charge in [-0.1, -0.05) is 41.4 Å². The lowest BCUT2D eigenvalue weighted by molar-refractivity contribution is 0.579. The number of furan rings is 1. The fraction of sp³-hybridized carbons (Fsp3) is 0.0769. The summed E-state index contributed by atoms with van der Waals surface area (Å²) in [7, 11) is 0. The van der Waals surface area contributed by atoms with Gasteiger partial charge in [0.05, 0.1) is 5.56 Å². The van der Waals surface area contributed by atoms with Crippen molar-refractivity contribution in [1.29, 1.82) is 0 Å². The van der Waals surface area contributed by atoms with E-state index < -0.39 is 5.82 Å². The van der Waals surface area contributed by atoms with Gasteiger partial charge in [-0.15, -0.1) is 0 Å². The van der Waals surface area contributed by atoms with Crippen LogP contribution in [0.25, 0.3) is 22.4 Å². The summed E-state index contributed by atoms with van der Waals surface area (Å²) in [6, 6.07) is 7.43. The maximum absolute atomic E-state index is 13.4. The molecule has 2 aromatic heterocycles. The van der Waals surface area contributed by atoms with Gasteiger partial charge in [0.1, 0.15) is 11.3 Å². The third kappa shape index (κ3) is 1.97. The third-order valence-corrected chi connectivity index (χ3v) is 3.27. The van der Waals surface area contributed by atoms with Crippen LogP contribution in [0.5, 0.6) is 0 Å². The molecule has 1 aromatic carbocycles. The molecule has 6 heteroatoms. The fourth-order valence-electron chi connectivity index (χ4n) is 1.95. The summed E-state index contributed by atoms with van der Waals surface area (Å²) in [5.41, 5.74) is 1.37. The Hall–Kier alpha value is -1.65. The highest BCUT2D eigenvalue weighted by Gasteiger charge is 2.18. The van der Waals surface area contributed by atoms with E-state index in [-0.39, 0.29) is 16.1 Å². The van der Waals surface area contributed by atoms with Crippen LogP contribution >= 0.6 is 23.2 Å². The molecule has 0 fully saturated rings. The third-order valence-electron chi connectivity index (χ3n) is 2.77. The number of hydrogen-bond acceptors (Lipinski definition) is 3. The van der Waals surface area contributed by atoms with E-state index in [9.17, 15) is 4.39 Å². The summed E-state index contributed by atoms with van der Waals surface area (Å²) in [4.78, 5) is 7.84. The first-order valence-corrected chi connectivity index (χ1v) is 6.20. The van der Waals surface area contributed by atoms with Gasteiger partial charge in [-0.05, 0) is 13.0 Å². The molecule has 0 amide bonds. The summed E-state index contributed by atoms with van der Waals surface area (Å²) in [6.07, 6.45) is 0. The average molecular weight is 297 g/mol. The van der Waals surface area contributed by atoms with Crippen LogP contribution in [0.1, 0.15) is 5.76 Å². The molecule has 0 saturated carbocycles. The monoisotopic (exact) mass is 296 g/mol.